The van der Waals surface area contributed by atoms with Gasteiger partial charge in [-0.25, -0.2) is 0 Å². The highest BCUT2D eigenvalue weighted by Crippen LogP contribution is 2.20. The minimum Gasteiger partial charge on any atom is -0.484 e. The maximum atomic E-state index is 11.8. The van der Waals surface area contributed by atoms with Crippen LogP contribution in [0.4, 0.5) is 5.69 Å². The van der Waals surface area contributed by atoms with Gasteiger partial charge in [0.1, 0.15) is 5.75 Å². The molecular weight excluding hydrogens is 396 g/mol. The molecule has 2 amide bonds. The van der Waals surface area contributed by atoms with Crippen LogP contribution in [0.1, 0.15) is 5.56 Å². The van der Waals surface area contributed by atoms with Gasteiger partial charge >= 0.3 is 0 Å². The number of nitrogens with one attached hydrogen (secondary N) is 2. The molecule has 0 saturated heterocycles. The number of amides is 2. The van der Waals surface area contributed by atoms with Gasteiger partial charge in [-0.3, -0.25) is 9.59 Å². The summed E-state index contributed by atoms with van der Waals surface area (Å²) in [6.45, 7) is 1.65. The largest absolute Gasteiger partial charge is 0.484 e. The number of benzene rings is 2. The molecule has 2 rings (SSSR count). The van der Waals surface area contributed by atoms with Gasteiger partial charge in [-0.2, -0.15) is 0 Å². The topological polar surface area (TPSA) is 67.4 Å². The zero-order chi connectivity index (χ0) is 17.5. The molecule has 2 aromatic carbocycles. The standard InChI is InChI=1S/C17H16BrClN2O3/c1-11-2-5-13(8-15(11)18)21-16(22)9-20-17(23)10-24-14-6-3-12(19)4-7-14/h2-8H,9-10H2,1H3,(H,20,23)(H,21,22). The minimum atomic E-state index is -0.384. The molecule has 0 bridgehead atoms. The normalized spacial score (nSPS) is 10.1. The van der Waals surface area contributed by atoms with Gasteiger partial charge in [-0.05, 0) is 48.9 Å². The number of halogens is 2. The maximum absolute atomic E-state index is 11.8. The smallest absolute Gasteiger partial charge is 0.258 e. The van der Waals surface area contributed by atoms with Crippen molar-refractivity contribution in [1.29, 1.82) is 0 Å². The predicted octanol–water partition coefficient (Wildman–Crippen LogP) is 3.54. The average molecular weight is 412 g/mol. The summed E-state index contributed by atoms with van der Waals surface area (Å²) in [4.78, 5) is 23.5. The van der Waals surface area contributed by atoms with E-state index < -0.39 is 0 Å². The molecule has 0 atom stereocenters. The summed E-state index contributed by atoms with van der Waals surface area (Å²) < 4.78 is 6.20. The van der Waals surface area contributed by atoms with Crippen LogP contribution in [0.15, 0.2) is 46.9 Å². The first-order valence-corrected chi connectivity index (χ1v) is 8.32. The van der Waals surface area contributed by atoms with Crippen LogP contribution in [0, 0.1) is 6.92 Å². The highest BCUT2D eigenvalue weighted by atomic mass is 79.9. The fourth-order valence-corrected chi connectivity index (χ4v) is 2.29. The Labute approximate surface area is 153 Å². The highest BCUT2D eigenvalue weighted by molar-refractivity contribution is 9.10. The summed E-state index contributed by atoms with van der Waals surface area (Å²) in [6, 6.07) is 12.2. The first-order chi connectivity index (χ1) is 11.4. The molecule has 2 N–H and O–H groups in total. The summed E-state index contributed by atoms with van der Waals surface area (Å²) in [5, 5.41) is 5.79. The lowest BCUT2D eigenvalue weighted by Crippen LogP contribution is -2.35. The van der Waals surface area contributed by atoms with E-state index in [2.05, 4.69) is 26.6 Å². The molecule has 0 aliphatic rings. The lowest BCUT2D eigenvalue weighted by atomic mass is 10.2. The average Bonchev–Trinajstić information content (AvgIpc) is 2.56. The summed E-state index contributed by atoms with van der Waals surface area (Å²) in [5.74, 6) is -0.167. The van der Waals surface area contributed by atoms with E-state index in [0.29, 0.717) is 16.5 Å². The van der Waals surface area contributed by atoms with E-state index >= 15 is 0 Å². The third kappa shape index (κ3) is 5.86. The second kappa shape index (κ2) is 8.70. The second-order valence-electron chi connectivity index (χ2n) is 5.03. The van der Waals surface area contributed by atoms with Crippen molar-refractivity contribution in [3.8, 4) is 5.75 Å². The number of carbonyl (C=O) groups is 2. The molecule has 0 saturated carbocycles. The fourth-order valence-electron chi connectivity index (χ4n) is 1.79. The Morgan fingerprint density at radius 2 is 1.83 bits per heavy atom. The Morgan fingerprint density at radius 1 is 1.12 bits per heavy atom. The molecule has 0 unspecified atom stereocenters. The highest BCUT2D eigenvalue weighted by Gasteiger charge is 2.07. The molecule has 24 heavy (non-hydrogen) atoms. The third-order valence-electron chi connectivity index (χ3n) is 3.09. The molecule has 0 aromatic heterocycles. The van der Waals surface area contributed by atoms with Crippen LogP contribution in [0.5, 0.6) is 5.75 Å². The lowest BCUT2D eigenvalue weighted by molar-refractivity contribution is -0.125. The molecule has 0 aliphatic carbocycles. The molecular formula is C17H16BrClN2O3. The van der Waals surface area contributed by atoms with Crippen LogP contribution >= 0.6 is 27.5 Å². The number of hydrogen-bond donors (Lipinski definition) is 2. The molecule has 5 nitrogen and oxygen atoms in total. The SMILES string of the molecule is Cc1ccc(NC(=O)CNC(=O)COc2ccc(Cl)cc2)cc1Br. The summed E-state index contributed by atoms with van der Waals surface area (Å²) in [5.41, 5.74) is 1.73. The number of rotatable bonds is 6. The van der Waals surface area contributed by atoms with E-state index in [1.165, 1.54) is 0 Å². The number of hydrogen-bond acceptors (Lipinski definition) is 3. The minimum absolute atomic E-state index is 0.131. The molecule has 0 radical (unpaired) electrons. The van der Waals surface area contributed by atoms with Crippen molar-refractivity contribution >= 4 is 45.0 Å². The van der Waals surface area contributed by atoms with Crippen molar-refractivity contribution in [2.24, 2.45) is 0 Å². The van der Waals surface area contributed by atoms with Crippen molar-refractivity contribution in [1.82, 2.24) is 5.32 Å². The Balaban J connectivity index is 1.73. The van der Waals surface area contributed by atoms with Crippen molar-refractivity contribution in [2.45, 2.75) is 6.92 Å². The van der Waals surface area contributed by atoms with Gasteiger partial charge in [-0.15, -0.1) is 0 Å². The van der Waals surface area contributed by atoms with Gasteiger partial charge in [0.15, 0.2) is 6.61 Å². The zero-order valence-electron chi connectivity index (χ0n) is 12.9. The van der Waals surface area contributed by atoms with E-state index in [9.17, 15) is 9.59 Å². The third-order valence-corrected chi connectivity index (χ3v) is 4.19. The number of carbonyl (C=O) groups excluding carboxylic acids is 2. The first kappa shape index (κ1) is 18.3. The van der Waals surface area contributed by atoms with Crippen LogP contribution in [0.25, 0.3) is 0 Å². The van der Waals surface area contributed by atoms with Crippen LogP contribution in [-0.2, 0) is 9.59 Å². The Hall–Kier alpha value is -2.05. The van der Waals surface area contributed by atoms with Gasteiger partial charge in [0, 0.05) is 15.2 Å². The zero-order valence-corrected chi connectivity index (χ0v) is 15.3. The van der Waals surface area contributed by atoms with Crippen molar-refractivity contribution in [3.05, 3.63) is 57.5 Å². The van der Waals surface area contributed by atoms with Gasteiger partial charge in [0.2, 0.25) is 5.91 Å². The Bertz CT molecular complexity index is 735. The maximum Gasteiger partial charge on any atom is 0.258 e. The monoisotopic (exact) mass is 410 g/mol. The molecule has 2 aromatic rings. The van der Waals surface area contributed by atoms with Crippen molar-refractivity contribution in [3.63, 3.8) is 0 Å². The van der Waals surface area contributed by atoms with E-state index in [-0.39, 0.29) is 25.0 Å². The summed E-state index contributed by atoms with van der Waals surface area (Å²) in [7, 11) is 0. The van der Waals surface area contributed by atoms with Crippen molar-refractivity contribution in [2.75, 3.05) is 18.5 Å². The molecule has 126 valence electrons. The van der Waals surface area contributed by atoms with E-state index in [0.717, 1.165) is 10.0 Å². The number of anilines is 1. The molecule has 0 fully saturated rings. The van der Waals surface area contributed by atoms with Crippen LogP contribution < -0.4 is 15.4 Å². The van der Waals surface area contributed by atoms with Crippen LogP contribution in [-0.4, -0.2) is 25.0 Å². The molecule has 7 heteroatoms. The Morgan fingerprint density at radius 3 is 2.50 bits per heavy atom. The first-order valence-electron chi connectivity index (χ1n) is 7.15. The van der Waals surface area contributed by atoms with Crippen molar-refractivity contribution < 1.29 is 14.3 Å². The second-order valence-corrected chi connectivity index (χ2v) is 6.32. The summed E-state index contributed by atoms with van der Waals surface area (Å²) in [6.07, 6.45) is 0. The molecule has 0 heterocycles. The molecule has 0 spiro atoms. The fraction of sp³-hybridized carbons (Fsp3) is 0.176. The van der Waals surface area contributed by atoms with Crippen LogP contribution in [0.3, 0.4) is 0 Å². The van der Waals surface area contributed by atoms with Crippen LogP contribution in [0.2, 0.25) is 5.02 Å². The van der Waals surface area contributed by atoms with E-state index in [4.69, 9.17) is 16.3 Å². The van der Waals surface area contributed by atoms with Gasteiger partial charge in [0.05, 0.1) is 6.54 Å². The van der Waals surface area contributed by atoms with Gasteiger partial charge < -0.3 is 15.4 Å². The number of ether oxygens (including phenoxy) is 1. The van der Waals surface area contributed by atoms with E-state index in [1.54, 1.807) is 36.4 Å². The quantitative estimate of drug-likeness (QED) is 0.764. The molecule has 0 aliphatic heterocycles. The van der Waals surface area contributed by atoms with Gasteiger partial charge in [-0.1, -0.05) is 33.6 Å². The lowest BCUT2D eigenvalue weighted by Gasteiger charge is -2.09. The number of aryl methyl sites for hydroxylation is 1. The Kier molecular flexibility index (Phi) is 6.63. The predicted molar refractivity (Wildman–Crippen MR) is 97.5 cm³/mol. The summed E-state index contributed by atoms with van der Waals surface area (Å²) >= 11 is 9.16. The van der Waals surface area contributed by atoms with Gasteiger partial charge in [0.25, 0.3) is 5.91 Å². The van der Waals surface area contributed by atoms with E-state index in [1.807, 2.05) is 13.0 Å².